The van der Waals surface area contributed by atoms with Crippen LogP contribution in [-0.4, -0.2) is 43.2 Å². The molecule has 4 heteroatoms. The predicted octanol–water partition coefficient (Wildman–Crippen LogP) is 1.32. The summed E-state index contributed by atoms with van der Waals surface area (Å²) in [7, 11) is 0. The lowest BCUT2D eigenvalue weighted by molar-refractivity contribution is 0.200. The third-order valence-electron chi connectivity index (χ3n) is 3.30. The molecule has 1 saturated heterocycles. The Hall–Kier alpha value is -0.770. The Bertz CT molecular complexity index is 220. The van der Waals surface area contributed by atoms with Gasteiger partial charge in [-0.1, -0.05) is 12.8 Å². The molecule has 0 atom stereocenters. The van der Waals surface area contributed by atoms with Crippen LogP contribution in [0.4, 0.5) is 4.79 Å². The summed E-state index contributed by atoms with van der Waals surface area (Å²) in [4.78, 5) is 13.8. The number of hydrogen-bond acceptors (Lipinski definition) is 2. The first-order valence-electron chi connectivity index (χ1n) is 6.62. The summed E-state index contributed by atoms with van der Waals surface area (Å²) in [5, 5.41) is 6.38. The van der Waals surface area contributed by atoms with Gasteiger partial charge >= 0.3 is 6.03 Å². The van der Waals surface area contributed by atoms with E-state index in [1.807, 2.05) is 4.90 Å². The van der Waals surface area contributed by atoms with Gasteiger partial charge in [0.1, 0.15) is 0 Å². The van der Waals surface area contributed by atoms with Gasteiger partial charge in [-0.15, -0.1) is 0 Å². The number of likely N-dealkylation sites (tertiary alicyclic amines) is 1. The summed E-state index contributed by atoms with van der Waals surface area (Å²) < 4.78 is 0. The van der Waals surface area contributed by atoms with E-state index in [0.29, 0.717) is 0 Å². The van der Waals surface area contributed by atoms with Gasteiger partial charge in [0.2, 0.25) is 0 Å². The molecule has 2 N–H and O–H groups in total. The van der Waals surface area contributed by atoms with E-state index in [-0.39, 0.29) is 6.03 Å². The predicted molar refractivity (Wildman–Crippen MR) is 64.5 cm³/mol. The summed E-state index contributed by atoms with van der Waals surface area (Å²) in [5.41, 5.74) is 0. The number of amides is 2. The van der Waals surface area contributed by atoms with Crippen molar-refractivity contribution in [1.82, 2.24) is 15.5 Å². The molecule has 0 spiro atoms. The van der Waals surface area contributed by atoms with Gasteiger partial charge in [0, 0.05) is 32.2 Å². The van der Waals surface area contributed by atoms with Gasteiger partial charge in [0.05, 0.1) is 0 Å². The highest BCUT2D eigenvalue weighted by Gasteiger charge is 2.20. The van der Waals surface area contributed by atoms with Gasteiger partial charge in [-0.2, -0.15) is 0 Å². The van der Waals surface area contributed by atoms with Crippen LogP contribution >= 0.6 is 0 Å². The minimum Gasteiger partial charge on any atom is -0.337 e. The van der Waals surface area contributed by atoms with Gasteiger partial charge in [0.15, 0.2) is 0 Å². The molecule has 0 unspecified atom stereocenters. The highest BCUT2D eigenvalue weighted by molar-refractivity contribution is 5.74. The average molecular weight is 225 g/mol. The zero-order valence-corrected chi connectivity index (χ0v) is 10.0. The van der Waals surface area contributed by atoms with Crippen molar-refractivity contribution in [3.63, 3.8) is 0 Å². The van der Waals surface area contributed by atoms with Gasteiger partial charge in [-0.05, 0) is 25.7 Å². The van der Waals surface area contributed by atoms with Crippen LogP contribution in [0.5, 0.6) is 0 Å². The van der Waals surface area contributed by atoms with Crippen molar-refractivity contribution in [2.45, 2.75) is 44.6 Å². The summed E-state index contributed by atoms with van der Waals surface area (Å²) in [6.45, 7) is 3.53. The fourth-order valence-corrected chi connectivity index (χ4v) is 2.12. The van der Waals surface area contributed by atoms with Crippen LogP contribution < -0.4 is 10.6 Å². The Morgan fingerprint density at radius 2 is 1.75 bits per heavy atom. The van der Waals surface area contributed by atoms with E-state index < -0.39 is 0 Å². The lowest BCUT2D eigenvalue weighted by Crippen LogP contribution is -2.43. The SMILES string of the molecule is O=C(NCCNC1CC1)N1CCCCCC1. The first-order chi connectivity index (χ1) is 7.86. The number of rotatable bonds is 4. The molecule has 2 rings (SSSR count). The first-order valence-corrected chi connectivity index (χ1v) is 6.62. The maximum Gasteiger partial charge on any atom is 0.317 e. The molecular weight excluding hydrogens is 202 g/mol. The summed E-state index contributed by atoms with van der Waals surface area (Å²) in [6, 6.07) is 0.856. The van der Waals surface area contributed by atoms with Crippen LogP contribution in [0, 0.1) is 0 Å². The van der Waals surface area contributed by atoms with Crippen molar-refractivity contribution in [2.24, 2.45) is 0 Å². The monoisotopic (exact) mass is 225 g/mol. The van der Waals surface area contributed by atoms with Crippen molar-refractivity contribution in [3.05, 3.63) is 0 Å². The molecule has 0 bridgehead atoms. The van der Waals surface area contributed by atoms with Crippen LogP contribution in [0.2, 0.25) is 0 Å². The number of nitrogens with zero attached hydrogens (tertiary/aromatic N) is 1. The van der Waals surface area contributed by atoms with E-state index in [9.17, 15) is 4.79 Å². The minimum atomic E-state index is 0.125. The zero-order chi connectivity index (χ0) is 11.2. The van der Waals surface area contributed by atoms with Crippen molar-refractivity contribution in [2.75, 3.05) is 26.2 Å². The van der Waals surface area contributed by atoms with Gasteiger partial charge < -0.3 is 15.5 Å². The van der Waals surface area contributed by atoms with Gasteiger partial charge in [-0.25, -0.2) is 4.79 Å². The number of nitrogens with one attached hydrogen (secondary N) is 2. The fourth-order valence-electron chi connectivity index (χ4n) is 2.12. The van der Waals surface area contributed by atoms with Crippen molar-refractivity contribution >= 4 is 6.03 Å². The third kappa shape index (κ3) is 4.00. The zero-order valence-electron chi connectivity index (χ0n) is 10.0. The molecule has 1 heterocycles. The van der Waals surface area contributed by atoms with E-state index in [2.05, 4.69) is 10.6 Å². The lowest BCUT2D eigenvalue weighted by atomic mass is 10.2. The molecular formula is C12H23N3O. The van der Waals surface area contributed by atoms with Crippen molar-refractivity contribution < 1.29 is 4.79 Å². The Labute approximate surface area is 97.8 Å². The van der Waals surface area contributed by atoms with Crippen LogP contribution in [0.3, 0.4) is 0 Å². The highest BCUT2D eigenvalue weighted by atomic mass is 16.2. The lowest BCUT2D eigenvalue weighted by Gasteiger charge is -2.20. The fraction of sp³-hybridized carbons (Fsp3) is 0.917. The Kier molecular flexibility index (Phi) is 4.45. The van der Waals surface area contributed by atoms with Crippen molar-refractivity contribution in [1.29, 1.82) is 0 Å². The van der Waals surface area contributed by atoms with E-state index in [1.165, 1.54) is 25.7 Å². The van der Waals surface area contributed by atoms with E-state index in [1.54, 1.807) is 0 Å². The molecule has 1 aliphatic carbocycles. The molecule has 2 fully saturated rings. The van der Waals surface area contributed by atoms with Crippen LogP contribution in [0.1, 0.15) is 38.5 Å². The molecule has 1 aliphatic heterocycles. The second-order valence-corrected chi connectivity index (χ2v) is 4.86. The standard InChI is InChI=1S/C12H23N3O/c16-12(14-8-7-13-11-5-6-11)15-9-3-1-2-4-10-15/h11,13H,1-10H2,(H,14,16). The third-order valence-corrected chi connectivity index (χ3v) is 3.30. The maximum absolute atomic E-state index is 11.8. The molecule has 92 valence electrons. The number of carbonyl (C=O) groups is 1. The number of carbonyl (C=O) groups excluding carboxylic acids is 1. The number of hydrogen-bond donors (Lipinski definition) is 2. The smallest absolute Gasteiger partial charge is 0.317 e. The van der Waals surface area contributed by atoms with E-state index in [4.69, 9.17) is 0 Å². The number of urea groups is 1. The molecule has 1 saturated carbocycles. The van der Waals surface area contributed by atoms with Gasteiger partial charge in [-0.3, -0.25) is 0 Å². The second kappa shape index (κ2) is 6.09. The quantitative estimate of drug-likeness (QED) is 0.709. The molecule has 0 aromatic carbocycles. The molecule has 0 aromatic rings. The topological polar surface area (TPSA) is 44.4 Å². The van der Waals surface area contributed by atoms with Crippen LogP contribution in [-0.2, 0) is 0 Å². The Balaban J connectivity index is 1.57. The normalized spacial score (nSPS) is 21.6. The molecule has 0 radical (unpaired) electrons. The molecule has 0 aromatic heterocycles. The molecule has 4 nitrogen and oxygen atoms in total. The Morgan fingerprint density at radius 1 is 1.06 bits per heavy atom. The Morgan fingerprint density at radius 3 is 2.38 bits per heavy atom. The summed E-state index contributed by atoms with van der Waals surface area (Å²) in [6.07, 6.45) is 7.47. The maximum atomic E-state index is 11.8. The van der Waals surface area contributed by atoms with Gasteiger partial charge in [0.25, 0.3) is 0 Å². The van der Waals surface area contributed by atoms with Crippen LogP contribution in [0.15, 0.2) is 0 Å². The van der Waals surface area contributed by atoms with E-state index in [0.717, 1.165) is 45.1 Å². The summed E-state index contributed by atoms with van der Waals surface area (Å²) >= 11 is 0. The highest BCUT2D eigenvalue weighted by Crippen LogP contribution is 2.17. The molecule has 2 amide bonds. The van der Waals surface area contributed by atoms with E-state index >= 15 is 0 Å². The van der Waals surface area contributed by atoms with Crippen molar-refractivity contribution in [3.8, 4) is 0 Å². The van der Waals surface area contributed by atoms with Crippen LogP contribution in [0.25, 0.3) is 0 Å². The average Bonchev–Trinajstić information content (AvgIpc) is 3.10. The summed E-state index contributed by atoms with van der Waals surface area (Å²) in [5.74, 6) is 0. The molecule has 16 heavy (non-hydrogen) atoms. The minimum absolute atomic E-state index is 0.125. The first kappa shape index (κ1) is 11.7. The largest absolute Gasteiger partial charge is 0.337 e. The molecule has 2 aliphatic rings. The second-order valence-electron chi connectivity index (χ2n) is 4.86.